The van der Waals surface area contributed by atoms with Crippen LogP contribution in [-0.4, -0.2) is 14.9 Å². The number of rotatable bonds is 3. The van der Waals surface area contributed by atoms with E-state index >= 15 is 0 Å². The first kappa shape index (κ1) is 11.1. The molecule has 0 unspecified atom stereocenters. The van der Waals surface area contributed by atoms with Crippen molar-refractivity contribution in [3.05, 3.63) is 52.6 Å². The number of hydrogen-bond acceptors (Lipinski definition) is 2. The lowest BCUT2D eigenvalue weighted by atomic mass is 10.2. The van der Waals surface area contributed by atoms with Gasteiger partial charge in [0.25, 0.3) is 0 Å². The van der Waals surface area contributed by atoms with Crippen molar-refractivity contribution in [2.24, 2.45) is 0 Å². The molecular formula is C11H10ClFN2O. The molecule has 16 heavy (non-hydrogen) atoms. The maximum atomic E-state index is 13.4. The van der Waals surface area contributed by atoms with Crippen molar-refractivity contribution in [3.63, 3.8) is 0 Å². The van der Waals surface area contributed by atoms with Crippen molar-refractivity contribution in [1.82, 2.24) is 9.78 Å². The normalized spacial score (nSPS) is 10.7. The van der Waals surface area contributed by atoms with Gasteiger partial charge >= 0.3 is 0 Å². The maximum Gasteiger partial charge on any atom is 0.128 e. The lowest BCUT2D eigenvalue weighted by Crippen LogP contribution is -2.02. The zero-order chi connectivity index (χ0) is 11.5. The summed E-state index contributed by atoms with van der Waals surface area (Å²) < 4.78 is 15.0. The van der Waals surface area contributed by atoms with Gasteiger partial charge in [0.1, 0.15) is 5.82 Å². The highest BCUT2D eigenvalue weighted by molar-refractivity contribution is 6.30. The van der Waals surface area contributed by atoms with E-state index in [2.05, 4.69) is 5.10 Å². The Hall–Kier alpha value is -1.39. The molecule has 0 radical (unpaired) electrons. The fraction of sp³-hybridized carbons (Fsp3) is 0.182. The van der Waals surface area contributed by atoms with Crippen LogP contribution in [0.2, 0.25) is 5.02 Å². The van der Waals surface area contributed by atoms with Gasteiger partial charge in [-0.2, -0.15) is 5.10 Å². The minimum absolute atomic E-state index is 0.0714. The van der Waals surface area contributed by atoms with E-state index in [1.54, 1.807) is 23.1 Å². The Bertz CT molecular complexity index is 498. The topological polar surface area (TPSA) is 38.1 Å². The molecule has 0 aliphatic carbocycles. The lowest BCUT2D eigenvalue weighted by molar-refractivity contribution is 0.281. The summed E-state index contributed by atoms with van der Waals surface area (Å²) in [5, 5.41) is 13.4. The molecule has 0 bridgehead atoms. The first-order valence-corrected chi connectivity index (χ1v) is 5.13. The van der Waals surface area contributed by atoms with E-state index in [0.717, 1.165) is 0 Å². The molecule has 5 heteroatoms. The lowest BCUT2D eigenvalue weighted by Gasteiger charge is -2.03. The average molecular weight is 241 g/mol. The number of aliphatic hydroxyl groups excluding tert-OH is 1. The van der Waals surface area contributed by atoms with E-state index in [0.29, 0.717) is 22.7 Å². The van der Waals surface area contributed by atoms with E-state index in [1.807, 2.05) is 0 Å². The SMILES string of the molecule is OCc1cnn(Cc2cc(Cl)ccc2F)c1. The molecule has 2 aromatic rings. The van der Waals surface area contributed by atoms with Gasteiger partial charge in [0.05, 0.1) is 19.3 Å². The maximum absolute atomic E-state index is 13.4. The van der Waals surface area contributed by atoms with Crippen LogP contribution in [0.5, 0.6) is 0 Å². The molecule has 0 saturated heterocycles. The summed E-state index contributed by atoms with van der Waals surface area (Å²) >= 11 is 5.78. The van der Waals surface area contributed by atoms with Crippen LogP contribution in [0.4, 0.5) is 4.39 Å². The molecule has 1 N–H and O–H groups in total. The monoisotopic (exact) mass is 240 g/mol. The van der Waals surface area contributed by atoms with Crippen LogP contribution >= 0.6 is 11.6 Å². The minimum atomic E-state index is -0.314. The van der Waals surface area contributed by atoms with Crippen LogP contribution in [0.1, 0.15) is 11.1 Å². The van der Waals surface area contributed by atoms with E-state index in [9.17, 15) is 4.39 Å². The highest BCUT2D eigenvalue weighted by atomic mass is 35.5. The molecule has 0 amide bonds. The van der Waals surface area contributed by atoms with Crippen LogP contribution < -0.4 is 0 Å². The first-order valence-electron chi connectivity index (χ1n) is 4.75. The Morgan fingerprint density at radius 1 is 1.44 bits per heavy atom. The molecule has 0 spiro atoms. The fourth-order valence-corrected chi connectivity index (χ4v) is 1.61. The van der Waals surface area contributed by atoms with Crippen LogP contribution in [0.3, 0.4) is 0 Å². The summed E-state index contributed by atoms with van der Waals surface area (Å²) in [6.07, 6.45) is 3.21. The molecule has 0 aliphatic heterocycles. The Morgan fingerprint density at radius 3 is 2.94 bits per heavy atom. The molecule has 0 saturated carbocycles. The number of aliphatic hydroxyl groups is 1. The summed E-state index contributed by atoms with van der Waals surface area (Å²) in [5.74, 6) is -0.314. The van der Waals surface area contributed by atoms with Crippen molar-refractivity contribution in [2.75, 3.05) is 0 Å². The number of nitrogens with zero attached hydrogens (tertiary/aromatic N) is 2. The Kier molecular flexibility index (Phi) is 3.22. The van der Waals surface area contributed by atoms with Gasteiger partial charge in [0.15, 0.2) is 0 Å². The quantitative estimate of drug-likeness (QED) is 0.893. The predicted octanol–water partition coefficient (Wildman–Crippen LogP) is 2.22. The van der Waals surface area contributed by atoms with Gasteiger partial charge in [-0.05, 0) is 18.2 Å². The standard InChI is InChI=1S/C11H10ClFN2O/c12-10-1-2-11(13)9(3-10)6-15-5-8(7-16)4-14-15/h1-5,16H,6-7H2. The molecule has 2 rings (SSSR count). The molecule has 3 nitrogen and oxygen atoms in total. The van der Waals surface area contributed by atoms with Gasteiger partial charge in [-0.3, -0.25) is 4.68 Å². The number of halogens is 2. The summed E-state index contributed by atoms with van der Waals surface area (Å²) in [4.78, 5) is 0. The fourth-order valence-electron chi connectivity index (χ4n) is 1.41. The average Bonchev–Trinajstić information content (AvgIpc) is 2.71. The van der Waals surface area contributed by atoms with Crippen molar-refractivity contribution in [1.29, 1.82) is 0 Å². The Labute approximate surface area is 97.1 Å². The predicted molar refractivity (Wildman–Crippen MR) is 58.7 cm³/mol. The van der Waals surface area contributed by atoms with Crippen LogP contribution in [0.25, 0.3) is 0 Å². The van der Waals surface area contributed by atoms with Gasteiger partial charge in [-0.25, -0.2) is 4.39 Å². The van der Waals surface area contributed by atoms with Crippen molar-refractivity contribution >= 4 is 11.6 Å². The highest BCUT2D eigenvalue weighted by Crippen LogP contribution is 2.15. The smallest absolute Gasteiger partial charge is 0.128 e. The summed E-state index contributed by atoms with van der Waals surface area (Å²) in [7, 11) is 0. The second-order valence-electron chi connectivity index (χ2n) is 3.44. The minimum Gasteiger partial charge on any atom is -0.392 e. The van der Waals surface area contributed by atoms with E-state index in [-0.39, 0.29) is 12.4 Å². The number of hydrogen-bond donors (Lipinski definition) is 1. The van der Waals surface area contributed by atoms with Gasteiger partial charge < -0.3 is 5.11 Å². The Morgan fingerprint density at radius 2 is 2.25 bits per heavy atom. The largest absolute Gasteiger partial charge is 0.392 e. The molecule has 1 heterocycles. The molecule has 1 aromatic carbocycles. The summed E-state index contributed by atoms with van der Waals surface area (Å²) in [6.45, 7) is 0.227. The highest BCUT2D eigenvalue weighted by Gasteiger charge is 2.05. The zero-order valence-corrected chi connectivity index (χ0v) is 9.15. The third-order valence-electron chi connectivity index (χ3n) is 2.21. The van der Waals surface area contributed by atoms with Crippen LogP contribution in [0, 0.1) is 5.82 Å². The molecule has 0 atom stereocenters. The molecule has 0 aliphatic rings. The third-order valence-corrected chi connectivity index (χ3v) is 2.44. The van der Waals surface area contributed by atoms with Crippen molar-refractivity contribution in [3.8, 4) is 0 Å². The van der Waals surface area contributed by atoms with Crippen molar-refractivity contribution in [2.45, 2.75) is 13.2 Å². The second kappa shape index (κ2) is 4.63. The number of benzene rings is 1. The summed E-state index contributed by atoms with van der Waals surface area (Å²) in [5.41, 5.74) is 1.17. The van der Waals surface area contributed by atoms with E-state index in [4.69, 9.17) is 16.7 Å². The molecule has 1 aromatic heterocycles. The Balaban J connectivity index is 2.22. The van der Waals surface area contributed by atoms with Gasteiger partial charge in [0, 0.05) is 22.3 Å². The molecule has 84 valence electrons. The van der Waals surface area contributed by atoms with Crippen LogP contribution in [0.15, 0.2) is 30.6 Å². The van der Waals surface area contributed by atoms with E-state index < -0.39 is 0 Å². The summed E-state index contributed by atoms with van der Waals surface area (Å²) in [6, 6.07) is 4.40. The third kappa shape index (κ3) is 2.40. The zero-order valence-electron chi connectivity index (χ0n) is 8.40. The number of aromatic nitrogens is 2. The first-order chi connectivity index (χ1) is 7.69. The molecule has 0 fully saturated rings. The van der Waals surface area contributed by atoms with Crippen LogP contribution in [-0.2, 0) is 13.2 Å². The van der Waals surface area contributed by atoms with Gasteiger partial charge in [0.2, 0.25) is 0 Å². The van der Waals surface area contributed by atoms with Gasteiger partial charge in [-0.15, -0.1) is 0 Å². The van der Waals surface area contributed by atoms with Crippen molar-refractivity contribution < 1.29 is 9.50 Å². The molecular weight excluding hydrogens is 231 g/mol. The second-order valence-corrected chi connectivity index (χ2v) is 3.88. The van der Waals surface area contributed by atoms with E-state index in [1.165, 1.54) is 12.1 Å². The van der Waals surface area contributed by atoms with Gasteiger partial charge in [-0.1, -0.05) is 11.6 Å².